The Morgan fingerprint density at radius 1 is 1.41 bits per heavy atom. The first-order valence-corrected chi connectivity index (χ1v) is 8.31. The number of anilines is 2. The van der Waals surface area contributed by atoms with Crippen molar-refractivity contribution in [3.63, 3.8) is 0 Å². The van der Waals surface area contributed by atoms with Crippen molar-refractivity contribution in [3.05, 3.63) is 35.0 Å². The van der Waals surface area contributed by atoms with Crippen LogP contribution in [0.1, 0.15) is 31.5 Å². The van der Waals surface area contributed by atoms with E-state index in [9.17, 15) is 4.79 Å². The molecule has 1 amide bonds. The van der Waals surface area contributed by atoms with Crippen LogP contribution in [0.5, 0.6) is 0 Å². The van der Waals surface area contributed by atoms with Gasteiger partial charge in [-0.15, -0.1) is 11.3 Å². The zero-order chi connectivity index (χ0) is 15.9. The van der Waals surface area contributed by atoms with Gasteiger partial charge < -0.3 is 10.6 Å². The van der Waals surface area contributed by atoms with Crippen molar-refractivity contribution in [3.8, 4) is 0 Å². The Morgan fingerprint density at radius 2 is 2.23 bits per heavy atom. The highest BCUT2D eigenvalue weighted by Crippen LogP contribution is 2.20. The van der Waals surface area contributed by atoms with Crippen LogP contribution in [0.25, 0.3) is 0 Å². The summed E-state index contributed by atoms with van der Waals surface area (Å²) in [6.07, 6.45) is 3.07. The molecule has 6 heteroatoms. The summed E-state index contributed by atoms with van der Waals surface area (Å²) in [4.78, 5) is 20.5. The van der Waals surface area contributed by atoms with Crippen LogP contribution in [0.3, 0.4) is 0 Å². The maximum atomic E-state index is 11.8. The molecule has 0 aliphatic carbocycles. The summed E-state index contributed by atoms with van der Waals surface area (Å²) in [5.41, 5.74) is 1.92. The molecule has 2 rings (SSSR count). The summed E-state index contributed by atoms with van der Waals surface area (Å²) in [6, 6.07) is 3.90. The number of carbonyl (C=O) groups is 1. The lowest BCUT2D eigenvalue weighted by molar-refractivity contribution is -0.120. The van der Waals surface area contributed by atoms with E-state index < -0.39 is 0 Å². The second-order valence-electron chi connectivity index (χ2n) is 5.70. The maximum Gasteiger partial charge on any atom is 0.226 e. The van der Waals surface area contributed by atoms with E-state index in [1.54, 1.807) is 6.20 Å². The second-order valence-corrected chi connectivity index (χ2v) is 6.55. The van der Waals surface area contributed by atoms with Gasteiger partial charge in [-0.05, 0) is 37.0 Å². The molecule has 0 bridgehead atoms. The summed E-state index contributed by atoms with van der Waals surface area (Å²) in [7, 11) is 0. The Hall–Kier alpha value is -1.95. The van der Waals surface area contributed by atoms with Crippen LogP contribution in [0.2, 0.25) is 0 Å². The summed E-state index contributed by atoms with van der Waals surface area (Å²) in [6.45, 7) is 7.02. The number of thiazole rings is 1. The first kappa shape index (κ1) is 16.4. The van der Waals surface area contributed by atoms with Crippen molar-refractivity contribution in [1.82, 2.24) is 15.3 Å². The average molecular weight is 318 g/mol. The minimum absolute atomic E-state index is 0.0196. The van der Waals surface area contributed by atoms with E-state index >= 15 is 0 Å². The van der Waals surface area contributed by atoms with E-state index in [-0.39, 0.29) is 5.91 Å². The van der Waals surface area contributed by atoms with E-state index in [2.05, 4.69) is 34.4 Å². The normalized spacial score (nSPS) is 10.7. The Balaban J connectivity index is 1.84. The van der Waals surface area contributed by atoms with Crippen molar-refractivity contribution in [2.75, 3.05) is 11.9 Å². The topological polar surface area (TPSA) is 66.9 Å². The molecule has 0 aromatic carbocycles. The second kappa shape index (κ2) is 7.89. The van der Waals surface area contributed by atoms with Gasteiger partial charge in [-0.1, -0.05) is 13.8 Å². The van der Waals surface area contributed by atoms with Gasteiger partial charge in [0.05, 0.1) is 12.1 Å². The van der Waals surface area contributed by atoms with Gasteiger partial charge in [-0.25, -0.2) is 9.97 Å². The number of carbonyl (C=O) groups excluding carboxylic acids is 1. The third-order valence-corrected chi connectivity index (χ3v) is 3.89. The van der Waals surface area contributed by atoms with Crippen LogP contribution in [-0.2, 0) is 11.2 Å². The van der Waals surface area contributed by atoms with Crippen molar-refractivity contribution in [2.45, 2.75) is 33.6 Å². The molecule has 0 saturated heterocycles. The van der Waals surface area contributed by atoms with E-state index in [0.717, 1.165) is 35.2 Å². The molecule has 0 unspecified atom stereocenters. The zero-order valence-corrected chi connectivity index (χ0v) is 14.0. The SMILES string of the molecule is Cc1ccnc(Nc2nc(CC(=O)NCCC(C)C)cs2)c1. The van der Waals surface area contributed by atoms with E-state index in [4.69, 9.17) is 0 Å². The quantitative estimate of drug-likeness (QED) is 0.822. The van der Waals surface area contributed by atoms with Crippen molar-refractivity contribution in [2.24, 2.45) is 5.92 Å². The number of aromatic nitrogens is 2. The van der Waals surface area contributed by atoms with Crippen LogP contribution in [-0.4, -0.2) is 22.4 Å². The fourth-order valence-corrected chi connectivity index (χ4v) is 2.60. The molecule has 2 aromatic heterocycles. The van der Waals surface area contributed by atoms with Gasteiger partial charge in [0.25, 0.3) is 0 Å². The number of pyridine rings is 1. The number of nitrogens with zero attached hydrogens (tertiary/aromatic N) is 2. The molecule has 2 aromatic rings. The van der Waals surface area contributed by atoms with Crippen LogP contribution < -0.4 is 10.6 Å². The van der Waals surface area contributed by atoms with E-state index in [0.29, 0.717) is 12.3 Å². The minimum atomic E-state index is 0.0196. The molecule has 0 atom stereocenters. The highest BCUT2D eigenvalue weighted by molar-refractivity contribution is 7.13. The van der Waals surface area contributed by atoms with Crippen LogP contribution in [0, 0.1) is 12.8 Å². The van der Waals surface area contributed by atoms with Crippen molar-refractivity contribution < 1.29 is 4.79 Å². The highest BCUT2D eigenvalue weighted by atomic mass is 32.1. The number of aryl methyl sites for hydroxylation is 1. The average Bonchev–Trinajstić information content (AvgIpc) is 2.85. The van der Waals surface area contributed by atoms with Gasteiger partial charge in [0.15, 0.2) is 5.13 Å². The molecule has 2 heterocycles. The molecule has 0 fully saturated rings. The molecule has 118 valence electrons. The van der Waals surface area contributed by atoms with Gasteiger partial charge in [-0.2, -0.15) is 0 Å². The zero-order valence-electron chi connectivity index (χ0n) is 13.2. The molecular weight excluding hydrogens is 296 g/mol. The predicted molar refractivity (Wildman–Crippen MR) is 90.5 cm³/mol. The third-order valence-electron chi connectivity index (χ3n) is 3.09. The highest BCUT2D eigenvalue weighted by Gasteiger charge is 2.08. The summed E-state index contributed by atoms with van der Waals surface area (Å²) >= 11 is 1.48. The van der Waals surface area contributed by atoms with E-state index in [1.807, 2.05) is 24.4 Å². The summed E-state index contributed by atoms with van der Waals surface area (Å²) in [5.74, 6) is 1.38. The molecule has 2 N–H and O–H groups in total. The molecule has 0 saturated carbocycles. The monoisotopic (exact) mass is 318 g/mol. The fourth-order valence-electron chi connectivity index (χ4n) is 1.89. The first-order chi connectivity index (χ1) is 10.5. The first-order valence-electron chi connectivity index (χ1n) is 7.43. The van der Waals surface area contributed by atoms with Crippen LogP contribution >= 0.6 is 11.3 Å². The number of rotatable bonds is 7. The third kappa shape index (κ3) is 5.44. The Kier molecular flexibility index (Phi) is 5.89. The Morgan fingerprint density at radius 3 is 2.95 bits per heavy atom. The lowest BCUT2D eigenvalue weighted by Gasteiger charge is -2.06. The maximum absolute atomic E-state index is 11.8. The Bertz CT molecular complexity index is 624. The number of nitrogens with one attached hydrogen (secondary N) is 2. The summed E-state index contributed by atoms with van der Waals surface area (Å²) < 4.78 is 0. The standard InChI is InChI=1S/C16H22N4OS/c1-11(2)4-6-18-15(21)9-13-10-22-16(19-13)20-14-8-12(3)5-7-17-14/h5,7-8,10-11H,4,6,9H2,1-3H3,(H,18,21)(H,17,19,20). The van der Waals surface area contributed by atoms with Crippen molar-refractivity contribution >= 4 is 28.2 Å². The predicted octanol–water partition coefficient (Wildman–Crippen LogP) is 3.29. The van der Waals surface area contributed by atoms with Crippen LogP contribution in [0.15, 0.2) is 23.7 Å². The molecule has 22 heavy (non-hydrogen) atoms. The Labute approximate surface area is 135 Å². The van der Waals surface area contributed by atoms with Crippen molar-refractivity contribution in [1.29, 1.82) is 0 Å². The van der Waals surface area contributed by atoms with Gasteiger partial charge in [-0.3, -0.25) is 4.79 Å². The number of hydrogen-bond donors (Lipinski definition) is 2. The fraction of sp³-hybridized carbons (Fsp3) is 0.438. The van der Waals surface area contributed by atoms with Gasteiger partial charge in [0.2, 0.25) is 5.91 Å². The van der Waals surface area contributed by atoms with Gasteiger partial charge >= 0.3 is 0 Å². The summed E-state index contributed by atoms with van der Waals surface area (Å²) in [5, 5.41) is 8.74. The molecule has 0 aliphatic heterocycles. The molecule has 0 spiro atoms. The lowest BCUT2D eigenvalue weighted by atomic mass is 10.1. The molecular formula is C16H22N4OS. The smallest absolute Gasteiger partial charge is 0.226 e. The minimum Gasteiger partial charge on any atom is -0.356 e. The van der Waals surface area contributed by atoms with E-state index in [1.165, 1.54) is 11.3 Å². The number of amides is 1. The molecule has 0 radical (unpaired) electrons. The lowest BCUT2D eigenvalue weighted by Crippen LogP contribution is -2.26. The van der Waals surface area contributed by atoms with Gasteiger partial charge in [0.1, 0.15) is 5.82 Å². The van der Waals surface area contributed by atoms with Crippen LogP contribution in [0.4, 0.5) is 10.9 Å². The number of hydrogen-bond acceptors (Lipinski definition) is 5. The molecule has 5 nitrogen and oxygen atoms in total. The molecule has 0 aliphatic rings. The largest absolute Gasteiger partial charge is 0.356 e. The van der Waals surface area contributed by atoms with Gasteiger partial charge in [0, 0.05) is 18.1 Å².